The third-order valence-electron chi connectivity index (χ3n) is 1.07. The van der Waals surface area contributed by atoms with E-state index in [0.717, 1.165) is 11.8 Å². The quantitative estimate of drug-likeness (QED) is 0.448. The van der Waals surface area contributed by atoms with E-state index in [1.807, 2.05) is 0 Å². The van der Waals surface area contributed by atoms with E-state index in [4.69, 9.17) is 10.2 Å². The number of carboxylic acid groups (broad SMARTS) is 1. The fourth-order valence-corrected chi connectivity index (χ4v) is 1.43. The highest BCUT2D eigenvalue weighted by Gasteiger charge is 2.39. The van der Waals surface area contributed by atoms with Crippen LogP contribution in [-0.4, -0.2) is 33.5 Å². The minimum atomic E-state index is -1.72. The van der Waals surface area contributed by atoms with Gasteiger partial charge >= 0.3 is 5.97 Å². The summed E-state index contributed by atoms with van der Waals surface area (Å²) in [5, 5.41) is 18.1. The minimum Gasteiger partial charge on any atom is -0.477 e. The van der Waals surface area contributed by atoms with Gasteiger partial charge in [-0.15, -0.1) is 0 Å². The molecule has 4 nitrogen and oxygen atoms in total. The Labute approximate surface area is 56.3 Å². The Kier molecular flexibility index (Phi) is 1.65. The van der Waals surface area contributed by atoms with Crippen LogP contribution < -0.4 is 5.32 Å². The molecule has 1 aliphatic rings. The molecule has 3 N–H and O–H groups in total. The lowest BCUT2D eigenvalue weighted by molar-refractivity contribution is -0.151. The van der Waals surface area contributed by atoms with Crippen LogP contribution >= 0.6 is 11.8 Å². The predicted octanol–water partition coefficient (Wildman–Crippen LogP) is -0.946. The molecular weight excluding hydrogens is 142 g/mol. The van der Waals surface area contributed by atoms with Crippen LogP contribution in [0.3, 0.4) is 0 Å². The number of hydrogen-bond donors (Lipinski definition) is 3. The van der Waals surface area contributed by atoms with Crippen molar-refractivity contribution < 1.29 is 15.0 Å². The molecule has 1 fully saturated rings. The number of carbonyl (C=O) groups is 1. The van der Waals surface area contributed by atoms with Gasteiger partial charge in [-0.05, 0) is 0 Å². The van der Waals surface area contributed by atoms with E-state index >= 15 is 0 Å². The standard InChI is InChI=1S/C4H7NO3S/c6-3(7)4(8)5-1-2-9-4/h5,8H,1-2H2,(H,6,7). The maximum atomic E-state index is 10.2. The van der Waals surface area contributed by atoms with E-state index in [1.54, 1.807) is 0 Å². The average molecular weight is 149 g/mol. The first-order chi connectivity index (χ1) is 4.15. The third kappa shape index (κ3) is 1.17. The second-order valence-electron chi connectivity index (χ2n) is 1.72. The van der Waals surface area contributed by atoms with Gasteiger partial charge in [-0.1, -0.05) is 11.8 Å². The molecule has 1 saturated heterocycles. The number of aliphatic carboxylic acids is 1. The maximum absolute atomic E-state index is 10.2. The van der Waals surface area contributed by atoms with Crippen LogP contribution in [0.1, 0.15) is 0 Å². The van der Waals surface area contributed by atoms with Crippen molar-refractivity contribution in [2.24, 2.45) is 0 Å². The Balaban J connectivity index is 2.61. The van der Waals surface area contributed by atoms with Crippen molar-refractivity contribution in [3.05, 3.63) is 0 Å². The van der Waals surface area contributed by atoms with Crippen molar-refractivity contribution >= 4 is 17.7 Å². The molecule has 0 aromatic carbocycles. The molecule has 0 saturated carbocycles. The fourth-order valence-electron chi connectivity index (χ4n) is 0.608. The van der Waals surface area contributed by atoms with Gasteiger partial charge in [0.25, 0.3) is 5.06 Å². The van der Waals surface area contributed by atoms with Crippen LogP contribution in [0.5, 0.6) is 0 Å². The highest BCUT2D eigenvalue weighted by Crippen LogP contribution is 2.23. The lowest BCUT2D eigenvalue weighted by Crippen LogP contribution is -2.44. The summed E-state index contributed by atoms with van der Waals surface area (Å²) in [6.07, 6.45) is 0. The molecule has 0 bridgehead atoms. The van der Waals surface area contributed by atoms with Crippen LogP contribution in [0.2, 0.25) is 0 Å². The van der Waals surface area contributed by atoms with Crippen LogP contribution in [-0.2, 0) is 4.79 Å². The molecular formula is C4H7NO3S. The number of hydrogen-bond acceptors (Lipinski definition) is 4. The summed E-state index contributed by atoms with van der Waals surface area (Å²) in [6, 6.07) is 0. The van der Waals surface area contributed by atoms with Gasteiger partial charge in [0.15, 0.2) is 0 Å². The van der Waals surface area contributed by atoms with Crippen LogP contribution in [0.4, 0.5) is 0 Å². The molecule has 52 valence electrons. The molecule has 0 aromatic rings. The largest absolute Gasteiger partial charge is 0.477 e. The predicted molar refractivity (Wildman–Crippen MR) is 33.0 cm³/mol. The normalized spacial score (nSPS) is 34.8. The van der Waals surface area contributed by atoms with Gasteiger partial charge in [-0.25, -0.2) is 4.79 Å². The second-order valence-corrected chi connectivity index (χ2v) is 3.01. The zero-order valence-corrected chi connectivity index (χ0v) is 5.44. The Morgan fingerprint density at radius 3 is 2.67 bits per heavy atom. The van der Waals surface area contributed by atoms with E-state index in [-0.39, 0.29) is 0 Å². The number of nitrogens with one attached hydrogen (secondary N) is 1. The van der Waals surface area contributed by atoms with Crippen LogP contribution in [0.15, 0.2) is 0 Å². The summed E-state index contributed by atoms with van der Waals surface area (Å²) in [4.78, 5) is 10.2. The van der Waals surface area contributed by atoms with Crippen molar-refractivity contribution in [3.63, 3.8) is 0 Å². The van der Waals surface area contributed by atoms with Gasteiger partial charge in [0, 0.05) is 12.3 Å². The molecule has 5 heteroatoms. The number of carboxylic acids is 1. The molecule has 0 aliphatic carbocycles. The highest BCUT2D eigenvalue weighted by atomic mass is 32.2. The molecule has 1 rings (SSSR count). The summed E-state index contributed by atoms with van der Waals surface area (Å²) in [5.41, 5.74) is 0. The number of aliphatic hydroxyl groups is 1. The Morgan fingerprint density at radius 1 is 1.78 bits per heavy atom. The van der Waals surface area contributed by atoms with E-state index in [2.05, 4.69) is 5.32 Å². The Morgan fingerprint density at radius 2 is 2.44 bits per heavy atom. The first-order valence-corrected chi connectivity index (χ1v) is 3.48. The van der Waals surface area contributed by atoms with Crippen molar-refractivity contribution in [2.75, 3.05) is 12.3 Å². The molecule has 1 heterocycles. The maximum Gasteiger partial charge on any atom is 0.362 e. The summed E-state index contributed by atoms with van der Waals surface area (Å²) < 4.78 is 0. The van der Waals surface area contributed by atoms with Crippen molar-refractivity contribution in [3.8, 4) is 0 Å². The van der Waals surface area contributed by atoms with Gasteiger partial charge in [-0.2, -0.15) is 0 Å². The molecule has 1 unspecified atom stereocenters. The van der Waals surface area contributed by atoms with Crippen molar-refractivity contribution in [1.29, 1.82) is 0 Å². The van der Waals surface area contributed by atoms with Gasteiger partial charge in [0.05, 0.1) is 0 Å². The zero-order chi connectivity index (χ0) is 6.91. The van der Waals surface area contributed by atoms with Crippen molar-refractivity contribution in [1.82, 2.24) is 5.32 Å². The fraction of sp³-hybridized carbons (Fsp3) is 0.750. The van der Waals surface area contributed by atoms with Gasteiger partial charge in [-0.3, -0.25) is 5.32 Å². The molecule has 1 aliphatic heterocycles. The van der Waals surface area contributed by atoms with Gasteiger partial charge in [0.2, 0.25) is 0 Å². The first kappa shape index (κ1) is 6.85. The molecule has 0 radical (unpaired) electrons. The molecule has 0 spiro atoms. The average Bonchev–Trinajstić information content (AvgIpc) is 2.16. The Hall–Kier alpha value is -0.260. The lowest BCUT2D eigenvalue weighted by Gasteiger charge is -2.14. The van der Waals surface area contributed by atoms with E-state index in [9.17, 15) is 4.79 Å². The monoisotopic (exact) mass is 149 g/mol. The molecule has 9 heavy (non-hydrogen) atoms. The van der Waals surface area contributed by atoms with Gasteiger partial charge in [0.1, 0.15) is 0 Å². The van der Waals surface area contributed by atoms with Gasteiger partial charge < -0.3 is 10.2 Å². The number of rotatable bonds is 1. The highest BCUT2D eigenvalue weighted by molar-refractivity contribution is 8.01. The van der Waals surface area contributed by atoms with Crippen LogP contribution in [0, 0.1) is 0 Å². The SMILES string of the molecule is O=C(O)C1(O)NCCS1. The summed E-state index contributed by atoms with van der Waals surface area (Å²) in [7, 11) is 0. The smallest absolute Gasteiger partial charge is 0.362 e. The zero-order valence-electron chi connectivity index (χ0n) is 4.63. The molecule has 0 amide bonds. The molecule has 0 aromatic heterocycles. The Bertz CT molecular complexity index is 132. The summed E-state index contributed by atoms with van der Waals surface area (Å²) in [5.74, 6) is -0.576. The minimum absolute atomic E-state index is 0.549. The van der Waals surface area contributed by atoms with E-state index in [0.29, 0.717) is 12.3 Å². The lowest BCUT2D eigenvalue weighted by atomic mass is 10.5. The third-order valence-corrected chi connectivity index (χ3v) is 2.21. The topological polar surface area (TPSA) is 69.6 Å². The van der Waals surface area contributed by atoms with Crippen molar-refractivity contribution in [2.45, 2.75) is 5.06 Å². The van der Waals surface area contributed by atoms with Crippen LogP contribution in [0.25, 0.3) is 0 Å². The van der Waals surface area contributed by atoms with E-state index < -0.39 is 11.0 Å². The first-order valence-electron chi connectivity index (χ1n) is 2.50. The summed E-state index contributed by atoms with van der Waals surface area (Å²) >= 11 is 0.998. The second kappa shape index (κ2) is 2.17. The van der Waals surface area contributed by atoms with E-state index in [1.165, 1.54) is 0 Å². The summed E-state index contributed by atoms with van der Waals surface area (Å²) in [6.45, 7) is 0.549. The molecule has 1 atom stereocenters. The number of thioether (sulfide) groups is 1.